The molecular weight excluding hydrogens is 323 g/mol. The summed E-state index contributed by atoms with van der Waals surface area (Å²) in [6, 6.07) is 12.5. The lowest BCUT2D eigenvalue weighted by molar-refractivity contribution is 0.174. The van der Waals surface area contributed by atoms with Gasteiger partial charge in [0.15, 0.2) is 11.5 Å². The van der Waals surface area contributed by atoms with Crippen molar-refractivity contribution < 1.29 is 13.9 Å². The monoisotopic (exact) mass is 338 g/mol. The lowest BCUT2D eigenvalue weighted by Gasteiger charge is -2.31. The Morgan fingerprint density at radius 1 is 1.04 bits per heavy atom. The van der Waals surface area contributed by atoms with Crippen LogP contribution in [0.25, 0.3) is 0 Å². The van der Waals surface area contributed by atoms with E-state index in [0.29, 0.717) is 5.95 Å². The molecule has 2 aliphatic heterocycles. The molecule has 3 aromatic rings. The van der Waals surface area contributed by atoms with E-state index in [1.165, 1.54) is 18.5 Å². The quantitative estimate of drug-likeness (QED) is 0.777. The molecule has 0 spiro atoms. The summed E-state index contributed by atoms with van der Waals surface area (Å²) in [5.74, 6) is 1.97. The maximum atomic E-state index is 13.3. The van der Waals surface area contributed by atoms with Crippen molar-refractivity contribution in [1.82, 2.24) is 14.8 Å². The van der Waals surface area contributed by atoms with Crippen molar-refractivity contribution in [1.29, 1.82) is 0 Å². The molecule has 1 aromatic heterocycles. The number of nitrogens with zero attached hydrogens (tertiary/aromatic N) is 3. The van der Waals surface area contributed by atoms with Crippen LogP contribution in [0.2, 0.25) is 0 Å². The molecule has 2 aromatic carbocycles. The summed E-state index contributed by atoms with van der Waals surface area (Å²) in [4.78, 5) is 4.31. The first-order valence-corrected chi connectivity index (χ1v) is 8.09. The molecule has 0 radical (unpaired) electrons. The molecule has 7 heteroatoms. The first kappa shape index (κ1) is 14.3. The van der Waals surface area contributed by atoms with Gasteiger partial charge >= 0.3 is 0 Å². The Morgan fingerprint density at radius 2 is 1.84 bits per heavy atom. The number of ether oxygens (including phenoxy) is 2. The number of benzene rings is 2. The lowest BCUT2D eigenvalue weighted by Crippen LogP contribution is -2.28. The smallest absolute Gasteiger partial charge is 0.231 e. The average Bonchev–Trinajstić information content (AvgIpc) is 3.29. The fourth-order valence-corrected chi connectivity index (χ4v) is 3.43. The van der Waals surface area contributed by atoms with Gasteiger partial charge in [-0.15, -0.1) is 0 Å². The third-order valence-corrected chi connectivity index (χ3v) is 4.68. The molecule has 5 rings (SSSR count). The largest absolute Gasteiger partial charge is 0.454 e. The van der Waals surface area contributed by atoms with Crippen LogP contribution >= 0.6 is 0 Å². The second-order valence-electron chi connectivity index (χ2n) is 6.14. The maximum Gasteiger partial charge on any atom is 0.231 e. The Hall–Kier alpha value is -3.09. The van der Waals surface area contributed by atoms with E-state index in [2.05, 4.69) is 15.4 Å². The fourth-order valence-electron chi connectivity index (χ4n) is 3.43. The van der Waals surface area contributed by atoms with Crippen LogP contribution in [-0.4, -0.2) is 21.6 Å². The zero-order chi connectivity index (χ0) is 16.8. The van der Waals surface area contributed by atoms with Gasteiger partial charge in [-0.3, -0.25) is 0 Å². The van der Waals surface area contributed by atoms with Crippen LogP contribution in [0.1, 0.15) is 29.6 Å². The second kappa shape index (κ2) is 5.47. The highest BCUT2D eigenvalue weighted by Crippen LogP contribution is 2.40. The summed E-state index contributed by atoms with van der Waals surface area (Å²) in [6.07, 6.45) is 2.29. The Morgan fingerprint density at radius 3 is 2.72 bits per heavy atom. The predicted molar refractivity (Wildman–Crippen MR) is 88.1 cm³/mol. The Balaban J connectivity index is 1.52. The number of aromatic nitrogens is 3. The minimum atomic E-state index is -0.246. The van der Waals surface area contributed by atoms with Gasteiger partial charge in [0.1, 0.15) is 12.1 Å². The van der Waals surface area contributed by atoms with Crippen molar-refractivity contribution in [2.24, 2.45) is 0 Å². The lowest BCUT2D eigenvalue weighted by atomic mass is 9.93. The van der Waals surface area contributed by atoms with Crippen LogP contribution in [0.15, 0.2) is 48.8 Å². The number of nitrogens with one attached hydrogen (secondary N) is 1. The van der Waals surface area contributed by atoms with Crippen molar-refractivity contribution in [3.63, 3.8) is 0 Å². The van der Waals surface area contributed by atoms with Crippen molar-refractivity contribution >= 4 is 5.95 Å². The van der Waals surface area contributed by atoms with Crippen LogP contribution in [0, 0.1) is 5.82 Å². The van der Waals surface area contributed by atoms with Crippen molar-refractivity contribution in [2.45, 2.75) is 18.5 Å². The number of fused-ring (bicyclic) bond motifs is 2. The molecule has 0 saturated carbocycles. The Labute approximate surface area is 143 Å². The zero-order valence-corrected chi connectivity index (χ0v) is 13.2. The second-order valence-corrected chi connectivity index (χ2v) is 6.14. The van der Waals surface area contributed by atoms with Crippen molar-refractivity contribution in [3.8, 4) is 11.5 Å². The number of rotatable bonds is 2. The van der Waals surface area contributed by atoms with E-state index < -0.39 is 0 Å². The molecule has 25 heavy (non-hydrogen) atoms. The highest BCUT2D eigenvalue weighted by atomic mass is 19.1. The molecule has 0 bridgehead atoms. The molecule has 6 nitrogen and oxygen atoms in total. The van der Waals surface area contributed by atoms with Crippen LogP contribution in [-0.2, 0) is 0 Å². The number of hydrogen-bond acceptors (Lipinski definition) is 5. The van der Waals surface area contributed by atoms with Gasteiger partial charge < -0.3 is 14.8 Å². The average molecular weight is 338 g/mol. The predicted octanol–water partition coefficient (Wildman–Crippen LogP) is 3.29. The molecule has 0 fully saturated rings. The first-order chi connectivity index (χ1) is 12.3. The van der Waals surface area contributed by atoms with E-state index in [-0.39, 0.29) is 24.7 Å². The molecule has 0 unspecified atom stereocenters. The topological polar surface area (TPSA) is 61.2 Å². The highest BCUT2D eigenvalue weighted by Gasteiger charge is 2.30. The Bertz CT molecular complexity index is 925. The maximum absolute atomic E-state index is 13.3. The van der Waals surface area contributed by atoms with Crippen molar-refractivity contribution in [3.05, 3.63) is 65.7 Å². The molecule has 1 N–H and O–H groups in total. The fraction of sp³-hybridized carbons (Fsp3) is 0.222. The molecule has 2 atom stereocenters. The highest BCUT2D eigenvalue weighted by molar-refractivity contribution is 5.47. The number of hydrogen-bond donors (Lipinski definition) is 1. The van der Waals surface area contributed by atoms with E-state index >= 15 is 0 Å². The van der Waals surface area contributed by atoms with E-state index in [1.807, 2.05) is 22.9 Å². The van der Waals surface area contributed by atoms with Gasteiger partial charge in [-0.05, 0) is 41.8 Å². The van der Waals surface area contributed by atoms with Gasteiger partial charge in [-0.2, -0.15) is 10.1 Å². The van der Waals surface area contributed by atoms with E-state index in [9.17, 15) is 4.39 Å². The molecule has 126 valence electrons. The zero-order valence-electron chi connectivity index (χ0n) is 13.2. The van der Waals surface area contributed by atoms with E-state index in [4.69, 9.17) is 9.47 Å². The van der Waals surface area contributed by atoms with Gasteiger partial charge in [-0.25, -0.2) is 9.07 Å². The SMILES string of the molecule is Fc1ccc([C@@H]2C[C@H](c3ccc4c(c3)OCO4)Nc3ncnn32)cc1. The van der Waals surface area contributed by atoms with Gasteiger partial charge in [0, 0.05) is 0 Å². The third kappa shape index (κ3) is 2.39. The summed E-state index contributed by atoms with van der Waals surface area (Å²) in [5, 5.41) is 7.74. The van der Waals surface area contributed by atoms with Gasteiger partial charge in [0.05, 0.1) is 12.1 Å². The summed E-state index contributed by atoms with van der Waals surface area (Å²) in [5.41, 5.74) is 2.09. The molecule has 0 amide bonds. The normalized spacial score (nSPS) is 20.8. The number of halogens is 1. The van der Waals surface area contributed by atoms with Gasteiger partial charge in [-0.1, -0.05) is 18.2 Å². The standard InChI is InChI=1S/C18H15FN4O2/c19-13-4-1-11(2-5-13)15-8-14(22-18-20-9-21-23(15)18)12-3-6-16-17(7-12)25-10-24-16/h1-7,9,14-15H,8,10H2,(H,20,21,22)/t14-,15+/m1/s1. The minimum absolute atomic E-state index is 0.0187. The first-order valence-electron chi connectivity index (χ1n) is 8.09. The van der Waals surface area contributed by atoms with Gasteiger partial charge in [0.25, 0.3) is 0 Å². The summed E-state index contributed by atoms with van der Waals surface area (Å²) in [7, 11) is 0. The Kier molecular flexibility index (Phi) is 3.12. The van der Waals surface area contributed by atoms with E-state index in [1.54, 1.807) is 12.1 Å². The molecule has 0 aliphatic carbocycles. The van der Waals surface area contributed by atoms with Crippen molar-refractivity contribution in [2.75, 3.05) is 12.1 Å². The summed E-state index contributed by atoms with van der Waals surface area (Å²) < 4.78 is 26.0. The van der Waals surface area contributed by atoms with Crippen LogP contribution < -0.4 is 14.8 Å². The summed E-state index contributed by atoms with van der Waals surface area (Å²) >= 11 is 0. The molecule has 0 saturated heterocycles. The third-order valence-electron chi connectivity index (χ3n) is 4.68. The van der Waals surface area contributed by atoms with Crippen LogP contribution in [0.5, 0.6) is 11.5 Å². The molecule has 2 aliphatic rings. The molecule has 3 heterocycles. The van der Waals surface area contributed by atoms with Crippen LogP contribution in [0.4, 0.5) is 10.3 Å². The van der Waals surface area contributed by atoms with Crippen LogP contribution in [0.3, 0.4) is 0 Å². The minimum Gasteiger partial charge on any atom is -0.454 e. The summed E-state index contributed by atoms with van der Waals surface area (Å²) in [6.45, 7) is 0.253. The van der Waals surface area contributed by atoms with E-state index in [0.717, 1.165) is 29.0 Å². The van der Waals surface area contributed by atoms with Gasteiger partial charge in [0.2, 0.25) is 12.7 Å². The number of anilines is 1. The molecular formula is C18H15FN4O2.